The minimum Gasteiger partial charge on any atom is -0.317 e. The number of rotatable bonds is 11. The SMILES string of the molecule is CCCCCCCCCCC(=O)CC1CCNCC1. The van der Waals surface area contributed by atoms with E-state index in [0.717, 1.165) is 32.4 Å². The Labute approximate surface area is 119 Å². The molecule has 1 aliphatic rings. The number of carbonyl (C=O) groups is 1. The number of ketones is 1. The van der Waals surface area contributed by atoms with Crippen LogP contribution in [0, 0.1) is 5.92 Å². The van der Waals surface area contributed by atoms with Crippen LogP contribution in [-0.4, -0.2) is 18.9 Å². The van der Waals surface area contributed by atoms with Gasteiger partial charge in [0.15, 0.2) is 0 Å². The van der Waals surface area contributed by atoms with Gasteiger partial charge in [0.2, 0.25) is 0 Å². The highest BCUT2D eigenvalue weighted by Crippen LogP contribution is 2.18. The van der Waals surface area contributed by atoms with Gasteiger partial charge in [0, 0.05) is 12.8 Å². The van der Waals surface area contributed by atoms with Gasteiger partial charge in [-0.05, 0) is 38.3 Å². The summed E-state index contributed by atoms with van der Waals surface area (Å²) in [5.41, 5.74) is 0. The fraction of sp³-hybridized carbons (Fsp3) is 0.941. The quantitative estimate of drug-likeness (QED) is 0.559. The summed E-state index contributed by atoms with van der Waals surface area (Å²) < 4.78 is 0. The normalized spacial score (nSPS) is 16.7. The van der Waals surface area contributed by atoms with E-state index in [2.05, 4.69) is 12.2 Å². The maximum atomic E-state index is 11.9. The number of hydrogen-bond acceptors (Lipinski definition) is 2. The smallest absolute Gasteiger partial charge is 0.133 e. The van der Waals surface area contributed by atoms with Gasteiger partial charge in [-0.15, -0.1) is 0 Å². The lowest BCUT2D eigenvalue weighted by Crippen LogP contribution is -2.28. The van der Waals surface area contributed by atoms with Crippen molar-refractivity contribution in [2.24, 2.45) is 5.92 Å². The van der Waals surface area contributed by atoms with Gasteiger partial charge in [0.25, 0.3) is 0 Å². The van der Waals surface area contributed by atoms with Crippen LogP contribution in [0.1, 0.15) is 84.0 Å². The molecule has 0 aromatic heterocycles. The molecular formula is C17H33NO. The van der Waals surface area contributed by atoms with Crippen molar-refractivity contribution in [3.05, 3.63) is 0 Å². The Hall–Kier alpha value is -0.370. The number of carbonyl (C=O) groups excluding carboxylic acids is 1. The zero-order valence-electron chi connectivity index (χ0n) is 12.9. The van der Waals surface area contributed by atoms with Crippen molar-refractivity contribution in [1.82, 2.24) is 5.32 Å². The minimum atomic E-state index is 0.512. The van der Waals surface area contributed by atoms with Gasteiger partial charge >= 0.3 is 0 Å². The highest BCUT2D eigenvalue weighted by atomic mass is 16.1. The average molecular weight is 267 g/mol. The predicted molar refractivity (Wildman–Crippen MR) is 82.4 cm³/mol. The van der Waals surface area contributed by atoms with E-state index >= 15 is 0 Å². The molecule has 0 bridgehead atoms. The van der Waals surface area contributed by atoms with Crippen molar-refractivity contribution in [2.75, 3.05) is 13.1 Å². The van der Waals surface area contributed by atoms with Crippen molar-refractivity contribution in [1.29, 1.82) is 0 Å². The van der Waals surface area contributed by atoms with E-state index in [1.165, 1.54) is 57.8 Å². The van der Waals surface area contributed by atoms with Crippen LogP contribution < -0.4 is 5.32 Å². The molecule has 1 heterocycles. The molecule has 2 nitrogen and oxygen atoms in total. The van der Waals surface area contributed by atoms with Gasteiger partial charge < -0.3 is 5.32 Å². The van der Waals surface area contributed by atoms with E-state index in [1.54, 1.807) is 0 Å². The molecule has 0 aromatic rings. The Morgan fingerprint density at radius 3 is 2.16 bits per heavy atom. The molecule has 0 atom stereocenters. The molecule has 112 valence electrons. The molecule has 0 amide bonds. The molecule has 1 rings (SSSR count). The number of Topliss-reactive ketones (excluding diaryl/α,β-unsaturated/α-hetero) is 1. The van der Waals surface area contributed by atoms with E-state index in [0.29, 0.717) is 11.7 Å². The summed E-state index contributed by atoms with van der Waals surface area (Å²) in [6.45, 7) is 4.47. The van der Waals surface area contributed by atoms with Crippen LogP contribution in [0.2, 0.25) is 0 Å². The molecule has 1 aliphatic heterocycles. The molecule has 0 aliphatic carbocycles. The Balaban J connectivity index is 1.87. The molecule has 1 fully saturated rings. The second kappa shape index (κ2) is 11.5. The highest BCUT2D eigenvalue weighted by molar-refractivity contribution is 5.78. The van der Waals surface area contributed by atoms with Crippen LogP contribution in [-0.2, 0) is 4.79 Å². The van der Waals surface area contributed by atoms with E-state index in [9.17, 15) is 4.79 Å². The second-order valence-electron chi connectivity index (χ2n) is 6.16. The maximum absolute atomic E-state index is 11.9. The number of nitrogens with one attached hydrogen (secondary N) is 1. The van der Waals surface area contributed by atoms with Crippen molar-refractivity contribution < 1.29 is 4.79 Å². The van der Waals surface area contributed by atoms with Crippen LogP contribution in [0.4, 0.5) is 0 Å². The standard InChI is InChI=1S/C17H33NO/c1-2-3-4-5-6-7-8-9-10-17(19)15-16-11-13-18-14-12-16/h16,18H,2-15H2,1H3. The van der Waals surface area contributed by atoms with Crippen molar-refractivity contribution in [3.63, 3.8) is 0 Å². The summed E-state index contributed by atoms with van der Waals surface area (Å²) in [7, 11) is 0. The predicted octanol–water partition coefficient (Wildman–Crippen LogP) is 4.48. The third-order valence-electron chi connectivity index (χ3n) is 4.28. The lowest BCUT2D eigenvalue weighted by Gasteiger charge is -2.21. The molecule has 0 spiro atoms. The minimum absolute atomic E-state index is 0.512. The zero-order valence-corrected chi connectivity index (χ0v) is 12.9. The van der Waals surface area contributed by atoms with Crippen LogP contribution in [0.25, 0.3) is 0 Å². The highest BCUT2D eigenvalue weighted by Gasteiger charge is 2.16. The van der Waals surface area contributed by atoms with Gasteiger partial charge in [-0.25, -0.2) is 0 Å². The average Bonchev–Trinajstić information content (AvgIpc) is 2.43. The fourth-order valence-corrected chi connectivity index (χ4v) is 2.97. The van der Waals surface area contributed by atoms with Gasteiger partial charge in [0.05, 0.1) is 0 Å². The van der Waals surface area contributed by atoms with Crippen molar-refractivity contribution >= 4 is 5.78 Å². The first-order chi connectivity index (χ1) is 9.33. The van der Waals surface area contributed by atoms with Gasteiger partial charge in [-0.3, -0.25) is 4.79 Å². The van der Waals surface area contributed by atoms with E-state index in [1.807, 2.05) is 0 Å². The van der Waals surface area contributed by atoms with E-state index < -0.39 is 0 Å². The first-order valence-electron chi connectivity index (χ1n) is 8.55. The Bertz CT molecular complexity index is 221. The fourth-order valence-electron chi connectivity index (χ4n) is 2.97. The summed E-state index contributed by atoms with van der Waals surface area (Å²) in [6.07, 6.45) is 14.6. The van der Waals surface area contributed by atoms with Gasteiger partial charge in [-0.1, -0.05) is 51.9 Å². The zero-order chi connectivity index (χ0) is 13.8. The maximum Gasteiger partial charge on any atom is 0.133 e. The monoisotopic (exact) mass is 267 g/mol. The van der Waals surface area contributed by atoms with Crippen molar-refractivity contribution in [2.45, 2.75) is 84.0 Å². The summed E-state index contributed by atoms with van der Waals surface area (Å²) in [5, 5.41) is 3.36. The summed E-state index contributed by atoms with van der Waals surface area (Å²) in [4.78, 5) is 11.9. The summed E-state index contributed by atoms with van der Waals surface area (Å²) in [5.74, 6) is 1.18. The Kier molecular flexibility index (Phi) is 10.1. The lowest BCUT2D eigenvalue weighted by molar-refractivity contribution is -0.120. The van der Waals surface area contributed by atoms with Crippen molar-refractivity contribution in [3.8, 4) is 0 Å². The molecular weight excluding hydrogens is 234 g/mol. The molecule has 1 saturated heterocycles. The van der Waals surface area contributed by atoms with Crippen LogP contribution in [0.5, 0.6) is 0 Å². The van der Waals surface area contributed by atoms with Crippen LogP contribution in [0.3, 0.4) is 0 Å². The summed E-state index contributed by atoms with van der Waals surface area (Å²) in [6, 6.07) is 0. The first-order valence-corrected chi connectivity index (χ1v) is 8.55. The lowest BCUT2D eigenvalue weighted by atomic mass is 9.91. The summed E-state index contributed by atoms with van der Waals surface area (Å²) >= 11 is 0. The molecule has 0 unspecified atom stereocenters. The molecule has 0 saturated carbocycles. The first kappa shape index (κ1) is 16.7. The van der Waals surface area contributed by atoms with Gasteiger partial charge in [-0.2, -0.15) is 0 Å². The van der Waals surface area contributed by atoms with E-state index in [4.69, 9.17) is 0 Å². The van der Waals surface area contributed by atoms with E-state index in [-0.39, 0.29) is 0 Å². The van der Waals surface area contributed by atoms with Crippen LogP contribution >= 0.6 is 0 Å². The molecule has 0 aromatic carbocycles. The number of piperidine rings is 1. The second-order valence-corrected chi connectivity index (χ2v) is 6.16. The Morgan fingerprint density at radius 2 is 1.53 bits per heavy atom. The molecule has 0 radical (unpaired) electrons. The molecule has 19 heavy (non-hydrogen) atoms. The van der Waals surface area contributed by atoms with Gasteiger partial charge in [0.1, 0.15) is 5.78 Å². The number of unbranched alkanes of at least 4 members (excludes halogenated alkanes) is 7. The molecule has 1 N–H and O–H groups in total. The molecule has 2 heteroatoms. The largest absolute Gasteiger partial charge is 0.317 e. The Morgan fingerprint density at radius 1 is 0.947 bits per heavy atom. The third-order valence-corrected chi connectivity index (χ3v) is 4.28. The topological polar surface area (TPSA) is 29.1 Å². The number of hydrogen-bond donors (Lipinski definition) is 1. The third kappa shape index (κ3) is 9.21. The van der Waals surface area contributed by atoms with Crippen LogP contribution in [0.15, 0.2) is 0 Å².